The van der Waals surface area contributed by atoms with Gasteiger partial charge >= 0.3 is 0 Å². The molecule has 0 unspecified atom stereocenters. The number of ether oxygens (including phenoxy) is 1. The number of hydrogen-bond donors (Lipinski definition) is 2. The van der Waals surface area contributed by atoms with E-state index in [1.54, 1.807) is 23.1 Å². The Morgan fingerprint density at radius 3 is 2.52 bits per heavy atom. The van der Waals surface area contributed by atoms with E-state index in [0.717, 1.165) is 31.0 Å². The summed E-state index contributed by atoms with van der Waals surface area (Å²) in [6, 6.07) is 10.8. The van der Waals surface area contributed by atoms with Crippen LogP contribution in [0.25, 0.3) is 0 Å². The number of carbonyl (C=O) groups excluding carboxylic acids is 2. The Labute approximate surface area is 182 Å². The molecule has 2 aliphatic rings. The molecule has 1 aromatic heterocycles. The van der Waals surface area contributed by atoms with Crippen molar-refractivity contribution in [3.05, 3.63) is 47.5 Å². The number of rotatable bonds is 5. The van der Waals surface area contributed by atoms with Gasteiger partial charge in [-0.05, 0) is 55.2 Å². The Hall–Kier alpha value is -3.13. The number of carbonyl (C=O) groups is 2. The molecule has 0 aliphatic carbocycles. The average Bonchev–Trinajstić information content (AvgIpc) is 2.79. The number of piperidine rings is 1. The monoisotopic (exact) mass is 423 g/mol. The maximum Gasteiger partial charge on any atom is 0.254 e. The highest BCUT2D eigenvalue weighted by atomic mass is 16.5. The molecule has 0 bridgehead atoms. The van der Waals surface area contributed by atoms with Gasteiger partial charge in [-0.3, -0.25) is 9.59 Å². The molecule has 2 fully saturated rings. The first kappa shape index (κ1) is 21.1. The summed E-state index contributed by atoms with van der Waals surface area (Å²) in [5.41, 5.74) is 7.26. The van der Waals surface area contributed by atoms with Crippen molar-refractivity contribution in [3.8, 4) is 0 Å². The Bertz CT molecular complexity index is 941. The van der Waals surface area contributed by atoms with Gasteiger partial charge in [-0.15, -0.1) is 0 Å². The Balaban J connectivity index is 1.52. The first-order chi connectivity index (χ1) is 15.0. The lowest BCUT2D eigenvalue weighted by atomic mass is 10.0. The Kier molecular flexibility index (Phi) is 6.36. The smallest absolute Gasteiger partial charge is 0.254 e. The highest BCUT2D eigenvalue weighted by Gasteiger charge is 2.21. The van der Waals surface area contributed by atoms with Crippen LogP contribution in [-0.4, -0.2) is 61.1 Å². The van der Waals surface area contributed by atoms with Crippen LogP contribution in [0, 0.1) is 5.92 Å². The molecule has 0 spiro atoms. The van der Waals surface area contributed by atoms with E-state index in [0.29, 0.717) is 49.2 Å². The molecule has 2 aliphatic heterocycles. The van der Waals surface area contributed by atoms with Crippen molar-refractivity contribution in [2.45, 2.75) is 19.8 Å². The third-order valence-corrected chi connectivity index (χ3v) is 5.82. The molecule has 8 nitrogen and oxygen atoms in total. The van der Waals surface area contributed by atoms with Gasteiger partial charge in [-0.25, -0.2) is 4.98 Å². The van der Waals surface area contributed by atoms with Gasteiger partial charge in [0.25, 0.3) is 11.8 Å². The fourth-order valence-electron chi connectivity index (χ4n) is 4.10. The third kappa shape index (κ3) is 4.96. The number of hydrogen-bond acceptors (Lipinski definition) is 6. The molecule has 164 valence electrons. The van der Waals surface area contributed by atoms with Gasteiger partial charge in [0.2, 0.25) is 0 Å². The molecule has 31 heavy (non-hydrogen) atoms. The van der Waals surface area contributed by atoms with Crippen molar-refractivity contribution in [2.75, 3.05) is 49.6 Å². The fourth-order valence-corrected chi connectivity index (χ4v) is 4.10. The van der Waals surface area contributed by atoms with Gasteiger partial charge in [0.05, 0.1) is 18.8 Å². The largest absolute Gasteiger partial charge is 0.378 e. The van der Waals surface area contributed by atoms with E-state index in [2.05, 4.69) is 17.1 Å². The second kappa shape index (κ2) is 9.34. The summed E-state index contributed by atoms with van der Waals surface area (Å²) in [4.78, 5) is 33.3. The number of anilines is 3. The van der Waals surface area contributed by atoms with Crippen molar-refractivity contribution in [3.63, 3.8) is 0 Å². The van der Waals surface area contributed by atoms with Gasteiger partial charge in [0.15, 0.2) is 0 Å². The molecule has 2 aromatic rings. The van der Waals surface area contributed by atoms with Crippen molar-refractivity contribution in [2.24, 2.45) is 11.7 Å². The molecule has 3 N–H and O–H groups in total. The zero-order valence-corrected chi connectivity index (χ0v) is 17.8. The van der Waals surface area contributed by atoms with Crippen LogP contribution in [0.1, 0.15) is 40.5 Å². The van der Waals surface area contributed by atoms with Crippen molar-refractivity contribution < 1.29 is 14.3 Å². The molecule has 4 rings (SSSR count). The van der Waals surface area contributed by atoms with E-state index in [1.807, 2.05) is 18.2 Å². The third-order valence-electron chi connectivity index (χ3n) is 5.82. The molecule has 1 atom stereocenters. The summed E-state index contributed by atoms with van der Waals surface area (Å²) in [6.45, 7) is 6.48. The van der Waals surface area contributed by atoms with Crippen LogP contribution >= 0.6 is 0 Å². The number of nitrogens with two attached hydrogens (primary N) is 1. The summed E-state index contributed by atoms with van der Waals surface area (Å²) in [5.74, 6) is 1.33. The molecule has 1 aromatic carbocycles. The Morgan fingerprint density at radius 2 is 1.84 bits per heavy atom. The van der Waals surface area contributed by atoms with Gasteiger partial charge in [-0.1, -0.05) is 6.92 Å². The van der Waals surface area contributed by atoms with E-state index in [1.165, 1.54) is 6.42 Å². The topological polar surface area (TPSA) is 101 Å². The number of nitrogens with one attached hydrogen (secondary N) is 1. The van der Waals surface area contributed by atoms with Crippen LogP contribution in [0.3, 0.4) is 0 Å². The maximum atomic E-state index is 12.6. The summed E-state index contributed by atoms with van der Waals surface area (Å²) in [7, 11) is 0. The molecule has 0 saturated carbocycles. The van der Waals surface area contributed by atoms with Crippen LogP contribution < -0.4 is 16.0 Å². The van der Waals surface area contributed by atoms with Gasteiger partial charge in [0, 0.05) is 37.4 Å². The SMILES string of the molecule is C[C@@H]1CCCN(c2ccc(C(N)=O)c(Nc3ccc(C(=O)N4CCOCC4)cc3)n2)C1. The summed E-state index contributed by atoms with van der Waals surface area (Å²) >= 11 is 0. The summed E-state index contributed by atoms with van der Waals surface area (Å²) < 4.78 is 5.31. The molecule has 8 heteroatoms. The highest BCUT2D eigenvalue weighted by Crippen LogP contribution is 2.26. The predicted octanol–water partition coefficient (Wildman–Crippen LogP) is 2.63. The minimum absolute atomic E-state index is 0.00739. The number of benzene rings is 1. The van der Waals surface area contributed by atoms with Crippen molar-refractivity contribution in [1.29, 1.82) is 0 Å². The van der Waals surface area contributed by atoms with Gasteiger partial charge < -0.3 is 25.6 Å². The van der Waals surface area contributed by atoms with E-state index < -0.39 is 5.91 Å². The predicted molar refractivity (Wildman–Crippen MR) is 120 cm³/mol. The number of nitrogens with zero attached hydrogens (tertiary/aromatic N) is 3. The molecular formula is C23H29N5O3. The van der Waals surface area contributed by atoms with E-state index in [-0.39, 0.29) is 5.91 Å². The molecule has 0 radical (unpaired) electrons. The minimum atomic E-state index is -0.535. The lowest BCUT2D eigenvalue weighted by molar-refractivity contribution is 0.0303. The summed E-state index contributed by atoms with van der Waals surface area (Å²) in [5, 5.41) is 3.21. The number of aromatic nitrogens is 1. The second-order valence-electron chi connectivity index (χ2n) is 8.23. The molecule has 3 heterocycles. The minimum Gasteiger partial charge on any atom is -0.378 e. The quantitative estimate of drug-likeness (QED) is 0.767. The van der Waals surface area contributed by atoms with Crippen LogP contribution in [0.4, 0.5) is 17.3 Å². The molecule has 2 amide bonds. The average molecular weight is 424 g/mol. The second-order valence-corrected chi connectivity index (χ2v) is 8.23. The maximum absolute atomic E-state index is 12.6. The van der Waals surface area contributed by atoms with Crippen LogP contribution in [0.2, 0.25) is 0 Å². The van der Waals surface area contributed by atoms with Gasteiger partial charge in [-0.2, -0.15) is 0 Å². The lowest BCUT2D eigenvalue weighted by Crippen LogP contribution is -2.40. The number of primary amides is 1. The number of amides is 2. The van der Waals surface area contributed by atoms with Crippen LogP contribution in [0.5, 0.6) is 0 Å². The molecule has 2 saturated heterocycles. The normalized spacial score (nSPS) is 19.2. The zero-order valence-electron chi connectivity index (χ0n) is 17.8. The van der Waals surface area contributed by atoms with Crippen molar-refractivity contribution in [1.82, 2.24) is 9.88 Å². The summed E-state index contributed by atoms with van der Waals surface area (Å²) in [6.07, 6.45) is 2.35. The lowest BCUT2D eigenvalue weighted by Gasteiger charge is -2.32. The van der Waals surface area contributed by atoms with E-state index in [9.17, 15) is 9.59 Å². The number of pyridine rings is 1. The fraction of sp³-hybridized carbons (Fsp3) is 0.435. The highest BCUT2D eigenvalue weighted by molar-refractivity contribution is 5.99. The first-order valence-corrected chi connectivity index (χ1v) is 10.8. The zero-order chi connectivity index (χ0) is 21.8. The first-order valence-electron chi connectivity index (χ1n) is 10.8. The van der Waals surface area contributed by atoms with Crippen molar-refractivity contribution >= 4 is 29.1 Å². The number of morpholine rings is 1. The van der Waals surface area contributed by atoms with Crippen LogP contribution in [-0.2, 0) is 4.74 Å². The van der Waals surface area contributed by atoms with Crippen LogP contribution in [0.15, 0.2) is 36.4 Å². The van der Waals surface area contributed by atoms with E-state index in [4.69, 9.17) is 15.5 Å². The standard InChI is InChI=1S/C23H29N5O3/c1-16-3-2-10-28(15-16)20-9-8-19(21(24)29)22(26-20)25-18-6-4-17(5-7-18)23(30)27-11-13-31-14-12-27/h4-9,16H,2-3,10-15H2,1H3,(H2,24,29)(H,25,26)/t16-/m1/s1. The van der Waals surface area contributed by atoms with Gasteiger partial charge in [0.1, 0.15) is 11.6 Å². The molecular weight excluding hydrogens is 394 g/mol. The van der Waals surface area contributed by atoms with E-state index >= 15 is 0 Å². The Morgan fingerprint density at radius 1 is 1.10 bits per heavy atom.